The number of hydrogen-bond donors (Lipinski definition) is 1. The molecule has 3 rings (SSSR count). The van der Waals surface area contributed by atoms with Crippen molar-refractivity contribution in [2.45, 2.75) is 38.9 Å². The summed E-state index contributed by atoms with van der Waals surface area (Å²) in [5.74, 6) is 0.0143. The van der Waals surface area contributed by atoms with E-state index in [9.17, 15) is 9.59 Å². The molecule has 0 bridgehead atoms. The van der Waals surface area contributed by atoms with Crippen LogP contribution in [0.2, 0.25) is 10.0 Å². The Bertz CT molecular complexity index is 1140. The van der Waals surface area contributed by atoms with Crippen LogP contribution in [0, 0.1) is 3.57 Å². The molecule has 184 valence electrons. The summed E-state index contributed by atoms with van der Waals surface area (Å²) in [7, 11) is 0. The van der Waals surface area contributed by atoms with Gasteiger partial charge in [0.05, 0.1) is 0 Å². The van der Waals surface area contributed by atoms with Gasteiger partial charge in [-0.2, -0.15) is 0 Å². The third-order valence-electron chi connectivity index (χ3n) is 5.23. The summed E-state index contributed by atoms with van der Waals surface area (Å²) in [5.41, 5.74) is 1.63. The van der Waals surface area contributed by atoms with Gasteiger partial charge in [-0.15, -0.1) is 0 Å². The predicted molar refractivity (Wildman–Crippen MR) is 149 cm³/mol. The first kappa shape index (κ1) is 27.3. The van der Waals surface area contributed by atoms with Gasteiger partial charge in [0.1, 0.15) is 11.8 Å². The lowest BCUT2D eigenvalue weighted by Gasteiger charge is -2.32. The number of hydrogen-bond acceptors (Lipinski definition) is 3. The molecule has 0 unspecified atom stereocenters. The molecule has 2 amide bonds. The van der Waals surface area contributed by atoms with E-state index < -0.39 is 6.04 Å². The maximum atomic E-state index is 13.5. The summed E-state index contributed by atoms with van der Waals surface area (Å²) < 4.78 is 6.84. The van der Waals surface area contributed by atoms with E-state index in [0.717, 1.165) is 9.13 Å². The van der Waals surface area contributed by atoms with Gasteiger partial charge in [-0.25, -0.2) is 0 Å². The van der Waals surface area contributed by atoms with Crippen LogP contribution in [0.4, 0.5) is 0 Å². The Hall–Kier alpha value is -2.29. The summed E-state index contributed by atoms with van der Waals surface area (Å²) in [6.07, 6.45) is 0.347. The van der Waals surface area contributed by atoms with Crippen molar-refractivity contribution < 1.29 is 14.3 Å². The number of carbonyl (C=O) groups is 2. The van der Waals surface area contributed by atoms with Crippen molar-refractivity contribution in [2.75, 3.05) is 6.61 Å². The summed E-state index contributed by atoms with van der Waals surface area (Å²) in [6, 6.07) is 21.3. The molecule has 35 heavy (non-hydrogen) atoms. The van der Waals surface area contributed by atoms with Gasteiger partial charge in [0.15, 0.2) is 6.61 Å². The summed E-state index contributed by atoms with van der Waals surface area (Å²) in [5, 5.41) is 3.88. The Kier molecular flexibility index (Phi) is 10.2. The van der Waals surface area contributed by atoms with Gasteiger partial charge in [0.25, 0.3) is 5.91 Å². The first-order valence-corrected chi connectivity index (χ1v) is 13.0. The van der Waals surface area contributed by atoms with Crippen molar-refractivity contribution in [3.8, 4) is 5.75 Å². The third-order valence-corrected chi connectivity index (χ3v) is 6.54. The minimum Gasteiger partial charge on any atom is -0.484 e. The highest BCUT2D eigenvalue weighted by Gasteiger charge is 2.31. The maximum Gasteiger partial charge on any atom is 0.261 e. The molecule has 0 aromatic heterocycles. The zero-order valence-electron chi connectivity index (χ0n) is 19.5. The van der Waals surface area contributed by atoms with E-state index in [4.69, 9.17) is 27.9 Å². The lowest BCUT2D eigenvalue weighted by Crippen LogP contribution is -2.52. The van der Waals surface area contributed by atoms with Crippen molar-refractivity contribution >= 4 is 57.6 Å². The molecule has 1 N–H and O–H groups in total. The van der Waals surface area contributed by atoms with Crippen LogP contribution in [0.25, 0.3) is 0 Å². The Morgan fingerprint density at radius 3 is 2.31 bits per heavy atom. The van der Waals surface area contributed by atoms with E-state index in [0.29, 0.717) is 27.8 Å². The lowest BCUT2D eigenvalue weighted by molar-refractivity contribution is -0.143. The summed E-state index contributed by atoms with van der Waals surface area (Å²) >= 11 is 14.7. The van der Waals surface area contributed by atoms with Gasteiger partial charge in [-0.3, -0.25) is 9.59 Å². The van der Waals surface area contributed by atoms with Crippen molar-refractivity contribution in [3.05, 3.63) is 97.5 Å². The number of rotatable bonds is 10. The van der Waals surface area contributed by atoms with E-state index >= 15 is 0 Å². The van der Waals surface area contributed by atoms with Crippen molar-refractivity contribution in [2.24, 2.45) is 0 Å². The van der Waals surface area contributed by atoms with Crippen LogP contribution in [0.1, 0.15) is 25.0 Å². The SMILES string of the molecule is CC(C)NC(=O)[C@H](Cc1ccccc1)N(Cc1ccc(Cl)cc1Cl)C(=O)COc1ccc(I)cc1. The minimum absolute atomic E-state index is 0.0834. The molecule has 5 nitrogen and oxygen atoms in total. The molecular formula is C27H27Cl2IN2O3. The van der Waals surface area contributed by atoms with Crippen LogP contribution in [0.5, 0.6) is 5.75 Å². The second kappa shape index (κ2) is 13.1. The van der Waals surface area contributed by atoms with E-state index in [1.54, 1.807) is 18.2 Å². The molecule has 8 heteroatoms. The van der Waals surface area contributed by atoms with E-state index in [1.807, 2.05) is 68.4 Å². The number of nitrogens with zero attached hydrogens (tertiary/aromatic N) is 1. The number of halogens is 3. The Morgan fingerprint density at radius 2 is 1.69 bits per heavy atom. The number of benzene rings is 3. The number of carbonyl (C=O) groups excluding carboxylic acids is 2. The van der Waals surface area contributed by atoms with Gasteiger partial charge in [0.2, 0.25) is 5.91 Å². The minimum atomic E-state index is -0.764. The van der Waals surface area contributed by atoms with Gasteiger partial charge < -0.3 is 15.0 Å². The van der Waals surface area contributed by atoms with Crippen LogP contribution in [-0.4, -0.2) is 35.4 Å². The van der Waals surface area contributed by atoms with Crippen LogP contribution in [0.3, 0.4) is 0 Å². The average Bonchev–Trinajstić information content (AvgIpc) is 2.82. The molecule has 0 aliphatic heterocycles. The highest BCUT2D eigenvalue weighted by atomic mass is 127. The van der Waals surface area contributed by atoms with Crippen molar-refractivity contribution in [3.63, 3.8) is 0 Å². The standard InChI is InChI=1S/C27H27Cl2IN2O3/c1-18(2)31-27(34)25(14-19-6-4-3-5-7-19)32(16-20-8-9-21(28)15-24(20)29)26(33)17-35-23-12-10-22(30)11-13-23/h3-13,15,18,25H,14,16-17H2,1-2H3,(H,31,34)/t25-/m0/s1. The fourth-order valence-electron chi connectivity index (χ4n) is 3.53. The molecule has 0 aliphatic carbocycles. The van der Waals surface area contributed by atoms with Gasteiger partial charge >= 0.3 is 0 Å². The smallest absolute Gasteiger partial charge is 0.261 e. The second-order valence-corrected chi connectivity index (χ2v) is 10.5. The van der Waals surface area contributed by atoms with E-state index in [1.165, 1.54) is 4.90 Å². The van der Waals surface area contributed by atoms with Gasteiger partial charge in [-0.1, -0.05) is 59.6 Å². The third kappa shape index (κ3) is 8.40. The predicted octanol–water partition coefficient (Wildman–Crippen LogP) is 6.14. The number of ether oxygens (including phenoxy) is 1. The normalized spacial score (nSPS) is 11.7. The molecule has 1 atom stereocenters. The fraction of sp³-hybridized carbons (Fsp3) is 0.259. The van der Waals surface area contributed by atoms with E-state index in [2.05, 4.69) is 27.9 Å². The number of amides is 2. The van der Waals surface area contributed by atoms with Crippen molar-refractivity contribution in [1.82, 2.24) is 10.2 Å². The topological polar surface area (TPSA) is 58.6 Å². The molecule has 0 fully saturated rings. The van der Waals surface area contributed by atoms with Gasteiger partial charge in [-0.05, 0) is 84.0 Å². The van der Waals surface area contributed by atoms with Crippen LogP contribution < -0.4 is 10.1 Å². The highest BCUT2D eigenvalue weighted by molar-refractivity contribution is 14.1. The molecule has 0 heterocycles. The molecule has 0 saturated carbocycles. The highest BCUT2D eigenvalue weighted by Crippen LogP contribution is 2.24. The van der Waals surface area contributed by atoms with E-state index in [-0.39, 0.29) is 31.0 Å². The van der Waals surface area contributed by atoms with Crippen LogP contribution in [0.15, 0.2) is 72.8 Å². The Morgan fingerprint density at radius 1 is 1.00 bits per heavy atom. The first-order chi connectivity index (χ1) is 16.7. The summed E-state index contributed by atoms with van der Waals surface area (Å²) in [6.45, 7) is 3.69. The molecular weight excluding hydrogens is 598 g/mol. The van der Waals surface area contributed by atoms with Crippen molar-refractivity contribution in [1.29, 1.82) is 0 Å². The zero-order chi connectivity index (χ0) is 25.4. The van der Waals surface area contributed by atoms with Crippen LogP contribution in [-0.2, 0) is 22.6 Å². The zero-order valence-corrected chi connectivity index (χ0v) is 23.2. The first-order valence-electron chi connectivity index (χ1n) is 11.2. The fourth-order valence-corrected chi connectivity index (χ4v) is 4.35. The van der Waals surface area contributed by atoms with Crippen LogP contribution >= 0.6 is 45.8 Å². The molecule has 3 aromatic carbocycles. The molecule has 0 saturated heterocycles. The lowest BCUT2D eigenvalue weighted by atomic mass is 10.0. The maximum absolute atomic E-state index is 13.5. The second-order valence-electron chi connectivity index (χ2n) is 8.37. The van der Waals surface area contributed by atoms with Gasteiger partial charge in [0, 0.05) is 32.6 Å². The monoisotopic (exact) mass is 624 g/mol. The summed E-state index contributed by atoms with van der Waals surface area (Å²) in [4.78, 5) is 28.4. The Labute approximate surface area is 229 Å². The number of nitrogens with one attached hydrogen (secondary N) is 1. The largest absolute Gasteiger partial charge is 0.484 e. The molecule has 0 spiro atoms. The molecule has 3 aromatic rings. The molecule has 0 aliphatic rings. The average molecular weight is 625 g/mol. The molecule has 0 radical (unpaired) electrons. The Balaban J connectivity index is 1.93. The quantitative estimate of drug-likeness (QED) is 0.276.